The summed E-state index contributed by atoms with van der Waals surface area (Å²) in [4.78, 5) is 23.2. The van der Waals surface area contributed by atoms with Crippen molar-refractivity contribution >= 4 is 11.7 Å². The Morgan fingerprint density at radius 1 is 1.32 bits per heavy atom. The molecule has 1 fully saturated rings. The number of carbonyl (C=O) groups is 2. The lowest BCUT2D eigenvalue weighted by Crippen LogP contribution is -2.50. The van der Waals surface area contributed by atoms with Crippen LogP contribution in [0.3, 0.4) is 0 Å². The van der Waals surface area contributed by atoms with Gasteiger partial charge in [-0.25, -0.2) is 0 Å². The number of furan rings is 1. The number of aryl methyl sites for hydroxylation is 2. The summed E-state index contributed by atoms with van der Waals surface area (Å²) in [7, 11) is 0. The second kappa shape index (κ2) is 4.11. The zero-order valence-corrected chi connectivity index (χ0v) is 10.4. The van der Waals surface area contributed by atoms with Crippen molar-refractivity contribution in [3.8, 4) is 0 Å². The zero-order valence-electron chi connectivity index (χ0n) is 10.4. The zero-order chi connectivity index (χ0) is 14.4. The maximum atomic E-state index is 12.6. The molecule has 0 bridgehead atoms. The Bertz CT molecular complexity index is 521. The molecule has 0 aromatic carbocycles. The lowest BCUT2D eigenvalue weighted by molar-refractivity contribution is -0.169. The molecule has 2 rings (SSSR count). The molecule has 1 N–H and O–H groups in total. The van der Waals surface area contributed by atoms with Crippen LogP contribution in [-0.2, 0) is 4.79 Å². The molecule has 0 unspecified atom stereocenters. The van der Waals surface area contributed by atoms with E-state index < -0.39 is 23.4 Å². The van der Waals surface area contributed by atoms with Crippen LogP contribution in [0, 0.1) is 13.8 Å². The van der Waals surface area contributed by atoms with Gasteiger partial charge in [-0.2, -0.15) is 13.2 Å². The third-order valence-electron chi connectivity index (χ3n) is 3.24. The molecule has 7 heteroatoms. The maximum absolute atomic E-state index is 12.6. The van der Waals surface area contributed by atoms with Crippen molar-refractivity contribution in [1.82, 2.24) is 5.32 Å². The Balaban J connectivity index is 2.11. The number of hydrogen-bond acceptors (Lipinski definition) is 3. The molecule has 1 aliphatic rings. The van der Waals surface area contributed by atoms with Gasteiger partial charge in [-0.1, -0.05) is 0 Å². The molecular formula is C12H12F3NO3. The standard InChI is InChI=1S/C12H12F3NO3/c1-6-5-8(19-7(6)2)9(17)10(18)16-11(3-4-11)12(13,14)15/h5H,3-4H2,1-2H3,(H,16,18). The normalized spacial score (nSPS) is 17.1. The van der Waals surface area contributed by atoms with E-state index in [0.717, 1.165) is 0 Å². The number of ketones is 1. The van der Waals surface area contributed by atoms with Gasteiger partial charge in [-0.3, -0.25) is 9.59 Å². The summed E-state index contributed by atoms with van der Waals surface area (Å²) in [6, 6.07) is 1.34. The average Bonchev–Trinajstić information content (AvgIpc) is 3.00. The number of amides is 1. The SMILES string of the molecule is Cc1cc(C(=O)C(=O)NC2(C(F)(F)F)CC2)oc1C. The van der Waals surface area contributed by atoms with E-state index in [9.17, 15) is 22.8 Å². The largest absolute Gasteiger partial charge is 0.457 e. The lowest BCUT2D eigenvalue weighted by atomic mass is 10.2. The van der Waals surface area contributed by atoms with Crippen molar-refractivity contribution in [2.45, 2.75) is 38.4 Å². The predicted molar refractivity (Wildman–Crippen MR) is 58.7 cm³/mol. The number of rotatable bonds is 3. The van der Waals surface area contributed by atoms with Crippen LogP contribution < -0.4 is 5.32 Å². The van der Waals surface area contributed by atoms with Gasteiger partial charge in [-0.05, 0) is 38.3 Å². The quantitative estimate of drug-likeness (QED) is 0.680. The number of alkyl halides is 3. The molecule has 1 aromatic rings. The van der Waals surface area contributed by atoms with Crippen molar-refractivity contribution < 1.29 is 27.2 Å². The summed E-state index contributed by atoms with van der Waals surface area (Å²) >= 11 is 0. The smallest absolute Gasteiger partial charge is 0.411 e. The fourth-order valence-corrected chi connectivity index (χ4v) is 1.68. The van der Waals surface area contributed by atoms with Crippen molar-refractivity contribution in [1.29, 1.82) is 0 Å². The van der Waals surface area contributed by atoms with Gasteiger partial charge < -0.3 is 9.73 Å². The van der Waals surface area contributed by atoms with Crippen molar-refractivity contribution in [2.75, 3.05) is 0 Å². The van der Waals surface area contributed by atoms with Crippen molar-refractivity contribution in [3.63, 3.8) is 0 Å². The molecule has 1 aromatic heterocycles. The van der Waals surface area contributed by atoms with Crippen molar-refractivity contribution in [2.24, 2.45) is 0 Å². The topological polar surface area (TPSA) is 59.3 Å². The fraction of sp³-hybridized carbons (Fsp3) is 0.500. The van der Waals surface area contributed by atoms with Crippen LogP contribution in [0.4, 0.5) is 13.2 Å². The molecule has 104 valence electrons. The summed E-state index contributed by atoms with van der Waals surface area (Å²) < 4.78 is 42.9. The Morgan fingerprint density at radius 2 is 1.89 bits per heavy atom. The summed E-state index contributed by atoms with van der Waals surface area (Å²) in [5.41, 5.74) is -1.58. The Labute approximate surface area is 107 Å². The van der Waals surface area contributed by atoms with E-state index in [2.05, 4.69) is 0 Å². The highest BCUT2D eigenvalue weighted by molar-refractivity contribution is 6.42. The Morgan fingerprint density at radius 3 is 2.26 bits per heavy atom. The van der Waals surface area contributed by atoms with Gasteiger partial charge in [-0.15, -0.1) is 0 Å². The summed E-state index contributed by atoms with van der Waals surface area (Å²) in [5, 5.41) is 1.76. The van der Waals surface area contributed by atoms with Gasteiger partial charge in [0.05, 0.1) is 0 Å². The molecule has 0 radical (unpaired) electrons. The van der Waals surface area contributed by atoms with E-state index in [0.29, 0.717) is 11.3 Å². The predicted octanol–water partition coefficient (Wildman–Crippen LogP) is 2.29. The van der Waals surface area contributed by atoms with E-state index in [-0.39, 0.29) is 18.6 Å². The van der Waals surface area contributed by atoms with Gasteiger partial charge in [0.2, 0.25) is 0 Å². The van der Waals surface area contributed by atoms with Crippen LogP contribution in [-0.4, -0.2) is 23.4 Å². The molecule has 1 heterocycles. The first-order valence-corrected chi connectivity index (χ1v) is 5.67. The third-order valence-corrected chi connectivity index (χ3v) is 3.24. The van der Waals surface area contributed by atoms with Crippen LogP contribution in [0.15, 0.2) is 10.5 Å². The number of halogens is 3. The molecule has 19 heavy (non-hydrogen) atoms. The van der Waals surface area contributed by atoms with Crippen LogP contribution >= 0.6 is 0 Å². The summed E-state index contributed by atoms with van der Waals surface area (Å²) in [5.74, 6) is -2.17. The fourth-order valence-electron chi connectivity index (χ4n) is 1.68. The van der Waals surface area contributed by atoms with E-state index in [1.165, 1.54) is 6.07 Å². The highest BCUT2D eigenvalue weighted by atomic mass is 19.4. The second-order valence-corrected chi connectivity index (χ2v) is 4.71. The highest BCUT2D eigenvalue weighted by Crippen LogP contribution is 2.48. The molecule has 1 aliphatic carbocycles. The molecule has 0 saturated heterocycles. The minimum absolute atomic E-state index is 0.203. The minimum atomic E-state index is -4.54. The average molecular weight is 275 g/mol. The molecule has 0 atom stereocenters. The molecular weight excluding hydrogens is 263 g/mol. The third kappa shape index (κ3) is 2.36. The van der Waals surface area contributed by atoms with Gasteiger partial charge in [0.1, 0.15) is 11.3 Å². The Hall–Kier alpha value is -1.79. The monoisotopic (exact) mass is 275 g/mol. The molecule has 4 nitrogen and oxygen atoms in total. The van der Waals surface area contributed by atoms with E-state index >= 15 is 0 Å². The molecule has 0 aliphatic heterocycles. The molecule has 1 saturated carbocycles. The first-order valence-electron chi connectivity index (χ1n) is 5.67. The number of Topliss-reactive ketones (excluding diaryl/α,β-unsaturated/α-hetero) is 1. The van der Waals surface area contributed by atoms with Gasteiger partial charge in [0, 0.05) is 0 Å². The van der Waals surface area contributed by atoms with Gasteiger partial charge in [0.25, 0.3) is 11.7 Å². The lowest BCUT2D eigenvalue weighted by Gasteiger charge is -2.19. The van der Waals surface area contributed by atoms with E-state index in [1.54, 1.807) is 19.2 Å². The Kier molecular flexibility index (Phi) is 2.95. The van der Waals surface area contributed by atoms with E-state index in [4.69, 9.17) is 4.42 Å². The molecule has 1 amide bonds. The number of nitrogens with one attached hydrogen (secondary N) is 1. The van der Waals surface area contributed by atoms with Crippen molar-refractivity contribution in [3.05, 3.63) is 23.2 Å². The van der Waals surface area contributed by atoms with Crippen LogP contribution in [0.1, 0.15) is 34.7 Å². The maximum Gasteiger partial charge on any atom is 0.411 e. The highest BCUT2D eigenvalue weighted by Gasteiger charge is 2.64. The van der Waals surface area contributed by atoms with Gasteiger partial charge >= 0.3 is 6.18 Å². The molecule has 0 spiro atoms. The summed E-state index contributed by atoms with van der Waals surface area (Å²) in [6.07, 6.45) is -4.95. The van der Waals surface area contributed by atoms with Crippen LogP contribution in [0.5, 0.6) is 0 Å². The minimum Gasteiger partial charge on any atom is -0.457 e. The number of carbonyl (C=O) groups excluding carboxylic acids is 2. The van der Waals surface area contributed by atoms with Crippen LogP contribution in [0.25, 0.3) is 0 Å². The van der Waals surface area contributed by atoms with E-state index in [1.807, 2.05) is 0 Å². The second-order valence-electron chi connectivity index (χ2n) is 4.71. The van der Waals surface area contributed by atoms with Crippen LogP contribution in [0.2, 0.25) is 0 Å². The first kappa shape index (κ1) is 13.6. The first-order chi connectivity index (χ1) is 8.66. The number of hydrogen-bond donors (Lipinski definition) is 1. The summed E-state index contributed by atoms with van der Waals surface area (Å²) in [6.45, 7) is 3.27. The van der Waals surface area contributed by atoms with Gasteiger partial charge in [0.15, 0.2) is 5.76 Å².